The standard InChI is InChI=1S/C25H32F3N3O4/c1-24(2,3)21-14-31(13-18-6-5-11-33-18)23(35-21)29-22(32)19-12-16(25(26,27)28)7-8-20(19)34-15-17-9-10-30(17)4/h7-8,12,14,17-18H,5-6,9-11,13,15H2,1-4H3/t17-,18+/m0/s1. The van der Waals surface area contributed by atoms with E-state index in [1.54, 1.807) is 10.8 Å². The first-order chi connectivity index (χ1) is 16.4. The molecule has 2 atom stereocenters. The lowest BCUT2D eigenvalue weighted by atomic mass is 9.94. The molecular formula is C25H32F3N3O4. The van der Waals surface area contributed by atoms with E-state index in [-0.39, 0.29) is 41.2 Å². The molecule has 192 valence electrons. The Balaban J connectivity index is 1.70. The molecule has 4 rings (SSSR count). The summed E-state index contributed by atoms with van der Waals surface area (Å²) in [5, 5.41) is 0. The van der Waals surface area contributed by atoms with Crippen LogP contribution in [0.3, 0.4) is 0 Å². The van der Waals surface area contributed by atoms with Gasteiger partial charge in [-0.1, -0.05) is 20.8 Å². The third kappa shape index (κ3) is 5.98. The topological polar surface area (TPSA) is 69.2 Å². The van der Waals surface area contributed by atoms with E-state index in [1.807, 2.05) is 27.8 Å². The van der Waals surface area contributed by atoms with Crippen LogP contribution in [0.1, 0.15) is 61.7 Å². The SMILES string of the molecule is CN1CC[C@H]1COc1ccc(C(F)(F)F)cc1C(=O)N=c1oc(C(C)(C)C)cn1C[C@H]1CCCO1. The number of ether oxygens (including phenoxy) is 2. The summed E-state index contributed by atoms with van der Waals surface area (Å²) in [7, 11) is 1.95. The quantitative estimate of drug-likeness (QED) is 0.594. The van der Waals surface area contributed by atoms with Crippen LogP contribution in [-0.2, 0) is 22.9 Å². The summed E-state index contributed by atoms with van der Waals surface area (Å²) >= 11 is 0. The van der Waals surface area contributed by atoms with Gasteiger partial charge in [-0.3, -0.25) is 14.3 Å². The number of halogens is 3. The van der Waals surface area contributed by atoms with E-state index in [9.17, 15) is 18.0 Å². The summed E-state index contributed by atoms with van der Waals surface area (Å²) in [5.41, 5.74) is -1.52. The first-order valence-corrected chi connectivity index (χ1v) is 11.9. The number of carbonyl (C=O) groups is 1. The number of alkyl halides is 3. The van der Waals surface area contributed by atoms with Gasteiger partial charge in [0.1, 0.15) is 18.1 Å². The number of carbonyl (C=O) groups excluding carboxylic acids is 1. The van der Waals surface area contributed by atoms with Crippen LogP contribution in [0.2, 0.25) is 0 Å². The van der Waals surface area contributed by atoms with E-state index in [4.69, 9.17) is 13.9 Å². The van der Waals surface area contributed by atoms with Gasteiger partial charge in [-0.25, -0.2) is 0 Å². The van der Waals surface area contributed by atoms with Gasteiger partial charge in [0.25, 0.3) is 5.91 Å². The van der Waals surface area contributed by atoms with Gasteiger partial charge >= 0.3 is 11.9 Å². The molecule has 1 aromatic heterocycles. The molecule has 7 nitrogen and oxygen atoms in total. The van der Waals surface area contributed by atoms with E-state index in [0.717, 1.165) is 37.9 Å². The lowest BCUT2D eigenvalue weighted by Crippen LogP contribution is -2.48. The summed E-state index contributed by atoms with van der Waals surface area (Å²) in [6.07, 6.45) is -0.119. The van der Waals surface area contributed by atoms with Crippen LogP contribution in [0, 0.1) is 0 Å². The summed E-state index contributed by atoms with van der Waals surface area (Å²) < 4.78 is 59.4. The van der Waals surface area contributed by atoms with Crippen LogP contribution < -0.4 is 10.4 Å². The number of likely N-dealkylation sites (N-methyl/N-ethyl adjacent to an activating group) is 1. The Bertz CT molecular complexity index is 1120. The third-order valence-electron chi connectivity index (χ3n) is 6.49. The van der Waals surface area contributed by atoms with Crippen LogP contribution >= 0.6 is 0 Å². The second kappa shape index (κ2) is 9.81. The zero-order chi connectivity index (χ0) is 25.4. The van der Waals surface area contributed by atoms with Gasteiger partial charge in [-0.15, -0.1) is 0 Å². The van der Waals surface area contributed by atoms with Crippen LogP contribution in [0.25, 0.3) is 0 Å². The molecule has 0 saturated carbocycles. The van der Waals surface area contributed by atoms with Crippen molar-refractivity contribution in [3.05, 3.63) is 47.0 Å². The van der Waals surface area contributed by atoms with Crippen molar-refractivity contribution in [1.29, 1.82) is 0 Å². The molecule has 2 aromatic rings. The summed E-state index contributed by atoms with van der Waals surface area (Å²) in [6.45, 7) is 8.20. The van der Waals surface area contributed by atoms with Gasteiger partial charge in [-0.05, 0) is 51.1 Å². The van der Waals surface area contributed by atoms with Crippen molar-refractivity contribution in [1.82, 2.24) is 9.47 Å². The number of benzene rings is 1. The molecule has 0 unspecified atom stereocenters. The minimum atomic E-state index is -4.61. The monoisotopic (exact) mass is 495 g/mol. The second-order valence-corrected chi connectivity index (χ2v) is 10.3. The summed E-state index contributed by atoms with van der Waals surface area (Å²) in [5.74, 6) is -0.181. The number of likely N-dealkylation sites (tertiary alicyclic amines) is 1. The molecular weight excluding hydrogens is 463 g/mol. The predicted octanol–water partition coefficient (Wildman–Crippen LogP) is 4.40. The van der Waals surface area contributed by atoms with Gasteiger partial charge in [0, 0.05) is 24.3 Å². The van der Waals surface area contributed by atoms with E-state index >= 15 is 0 Å². The zero-order valence-corrected chi connectivity index (χ0v) is 20.5. The first-order valence-electron chi connectivity index (χ1n) is 11.9. The lowest BCUT2D eigenvalue weighted by Gasteiger charge is -2.37. The highest BCUT2D eigenvalue weighted by Crippen LogP contribution is 2.33. The second-order valence-electron chi connectivity index (χ2n) is 10.3. The third-order valence-corrected chi connectivity index (χ3v) is 6.49. The van der Waals surface area contributed by atoms with Crippen molar-refractivity contribution < 1.29 is 31.9 Å². The molecule has 2 aliphatic heterocycles. The van der Waals surface area contributed by atoms with Gasteiger partial charge in [0.2, 0.25) is 0 Å². The molecule has 10 heteroatoms. The minimum absolute atomic E-state index is 0.0255. The Morgan fingerprint density at radius 3 is 2.57 bits per heavy atom. The van der Waals surface area contributed by atoms with Gasteiger partial charge in [0.15, 0.2) is 0 Å². The molecule has 0 N–H and O–H groups in total. The Kier molecular flexibility index (Phi) is 7.15. The largest absolute Gasteiger partial charge is 0.491 e. The van der Waals surface area contributed by atoms with E-state index in [2.05, 4.69) is 9.89 Å². The highest BCUT2D eigenvalue weighted by Gasteiger charge is 2.33. The number of rotatable bonds is 6. The summed E-state index contributed by atoms with van der Waals surface area (Å²) in [6, 6.07) is 3.06. The molecule has 1 aromatic carbocycles. The fraction of sp³-hybridized carbons (Fsp3) is 0.600. The number of oxazole rings is 1. The number of hydrogen-bond donors (Lipinski definition) is 0. The first kappa shape index (κ1) is 25.5. The van der Waals surface area contributed by atoms with Gasteiger partial charge in [0.05, 0.1) is 23.8 Å². The average Bonchev–Trinajstić information content (AvgIpc) is 3.42. The molecule has 1 amide bonds. The highest BCUT2D eigenvalue weighted by molar-refractivity contribution is 5.97. The van der Waals surface area contributed by atoms with Crippen LogP contribution in [0.5, 0.6) is 5.75 Å². The van der Waals surface area contributed by atoms with Crippen LogP contribution in [0.15, 0.2) is 33.8 Å². The minimum Gasteiger partial charge on any atom is -0.491 e. The van der Waals surface area contributed by atoms with Gasteiger partial charge in [-0.2, -0.15) is 18.2 Å². The smallest absolute Gasteiger partial charge is 0.416 e. The number of amides is 1. The van der Waals surface area contributed by atoms with Crippen molar-refractivity contribution in [2.45, 2.75) is 70.3 Å². The highest BCUT2D eigenvalue weighted by atomic mass is 19.4. The van der Waals surface area contributed by atoms with Crippen molar-refractivity contribution in [2.24, 2.45) is 4.99 Å². The number of hydrogen-bond acceptors (Lipinski definition) is 5. The van der Waals surface area contributed by atoms with Gasteiger partial charge < -0.3 is 13.9 Å². The molecule has 35 heavy (non-hydrogen) atoms. The molecule has 0 bridgehead atoms. The Labute approximate surface area is 202 Å². The van der Waals surface area contributed by atoms with Crippen molar-refractivity contribution in [2.75, 3.05) is 26.8 Å². The zero-order valence-electron chi connectivity index (χ0n) is 20.5. The molecule has 2 aliphatic rings. The van der Waals surface area contributed by atoms with Crippen molar-refractivity contribution >= 4 is 5.91 Å². The van der Waals surface area contributed by atoms with Crippen molar-refractivity contribution in [3.63, 3.8) is 0 Å². The Morgan fingerprint density at radius 1 is 1.23 bits per heavy atom. The lowest BCUT2D eigenvalue weighted by molar-refractivity contribution is -0.137. The normalized spacial score (nSPS) is 21.9. The molecule has 0 aliphatic carbocycles. The Morgan fingerprint density at radius 2 is 2.00 bits per heavy atom. The molecule has 2 fully saturated rings. The molecule has 0 spiro atoms. The number of nitrogens with zero attached hydrogens (tertiary/aromatic N) is 3. The maximum absolute atomic E-state index is 13.4. The van der Waals surface area contributed by atoms with Crippen LogP contribution in [-0.4, -0.2) is 54.3 Å². The van der Waals surface area contributed by atoms with E-state index < -0.39 is 17.6 Å². The Hall–Kier alpha value is -2.59. The van der Waals surface area contributed by atoms with Crippen LogP contribution in [0.4, 0.5) is 13.2 Å². The fourth-order valence-electron chi connectivity index (χ4n) is 4.07. The van der Waals surface area contributed by atoms with E-state index in [1.165, 1.54) is 6.07 Å². The molecule has 3 heterocycles. The molecule has 0 radical (unpaired) electrons. The maximum atomic E-state index is 13.4. The number of aromatic nitrogens is 1. The van der Waals surface area contributed by atoms with E-state index in [0.29, 0.717) is 18.9 Å². The predicted molar refractivity (Wildman–Crippen MR) is 122 cm³/mol. The summed E-state index contributed by atoms with van der Waals surface area (Å²) in [4.78, 5) is 19.4. The molecule has 2 saturated heterocycles. The maximum Gasteiger partial charge on any atom is 0.416 e. The fourth-order valence-corrected chi connectivity index (χ4v) is 4.07. The van der Waals surface area contributed by atoms with Crippen molar-refractivity contribution in [3.8, 4) is 5.75 Å². The average molecular weight is 496 g/mol.